The summed E-state index contributed by atoms with van der Waals surface area (Å²) in [5.41, 5.74) is 2.15. The number of halogens is 1. The minimum Gasteiger partial charge on any atom is -0.496 e. The third kappa shape index (κ3) is 3.18. The number of alkyl halides is 1. The molecule has 1 heterocycles. The van der Waals surface area contributed by atoms with Crippen LogP contribution in [0.15, 0.2) is 42.6 Å². The third-order valence-corrected chi connectivity index (χ3v) is 3.26. The van der Waals surface area contributed by atoms with Crippen molar-refractivity contribution in [3.63, 3.8) is 0 Å². The van der Waals surface area contributed by atoms with E-state index in [1.54, 1.807) is 13.3 Å². The molecule has 4 heteroatoms. The summed E-state index contributed by atoms with van der Waals surface area (Å²) in [5.74, 6) is 2.25. The largest absolute Gasteiger partial charge is 0.496 e. The number of methoxy groups -OCH3 is 1. The molecule has 1 aromatic heterocycles. The molecular weight excluding hydrogens is 260 g/mol. The Kier molecular flexibility index (Phi) is 4.63. The lowest BCUT2D eigenvalue weighted by Crippen LogP contribution is -2.19. The molecular formula is C15H17ClN2O. The zero-order chi connectivity index (χ0) is 13.7. The van der Waals surface area contributed by atoms with Gasteiger partial charge in [-0.25, -0.2) is 4.98 Å². The molecule has 0 unspecified atom stereocenters. The SMILES string of the molecule is COc1ccccc1CN(C)c1ncccc1CCl. The van der Waals surface area contributed by atoms with Crippen molar-refractivity contribution in [1.82, 2.24) is 4.98 Å². The van der Waals surface area contributed by atoms with Gasteiger partial charge in [0, 0.05) is 30.9 Å². The molecule has 0 fully saturated rings. The van der Waals surface area contributed by atoms with Gasteiger partial charge in [0.1, 0.15) is 11.6 Å². The lowest BCUT2D eigenvalue weighted by molar-refractivity contribution is 0.409. The van der Waals surface area contributed by atoms with Crippen molar-refractivity contribution < 1.29 is 4.74 Å². The maximum atomic E-state index is 5.95. The Morgan fingerprint density at radius 1 is 1.16 bits per heavy atom. The van der Waals surface area contributed by atoms with Crippen molar-refractivity contribution in [2.75, 3.05) is 19.1 Å². The van der Waals surface area contributed by atoms with Crippen molar-refractivity contribution in [3.05, 3.63) is 53.7 Å². The second kappa shape index (κ2) is 6.43. The molecule has 1 aromatic carbocycles. The molecule has 0 bridgehead atoms. The molecule has 0 radical (unpaired) electrons. The van der Waals surface area contributed by atoms with E-state index in [1.807, 2.05) is 37.4 Å². The van der Waals surface area contributed by atoms with Gasteiger partial charge in [-0.3, -0.25) is 0 Å². The number of anilines is 1. The van der Waals surface area contributed by atoms with E-state index in [0.717, 1.165) is 29.2 Å². The lowest BCUT2D eigenvalue weighted by atomic mass is 10.2. The number of hydrogen-bond acceptors (Lipinski definition) is 3. The molecule has 0 amide bonds. The average molecular weight is 277 g/mol. The van der Waals surface area contributed by atoms with Crippen LogP contribution in [0.25, 0.3) is 0 Å². The number of nitrogens with zero attached hydrogens (tertiary/aromatic N) is 2. The van der Waals surface area contributed by atoms with Gasteiger partial charge >= 0.3 is 0 Å². The maximum absolute atomic E-state index is 5.95. The van der Waals surface area contributed by atoms with Crippen molar-refractivity contribution in [2.24, 2.45) is 0 Å². The molecule has 0 aliphatic rings. The van der Waals surface area contributed by atoms with Gasteiger partial charge in [0.15, 0.2) is 0 Å². The van der Waals surface area contributed by atoms with Crippen molar-refractivity contribution in [2.45, 2.75) is 12.4 Å². The van der Waals surface area contributed by atoms with Crippen LogP contribution in [-0.4, -0.2) is 19.1 Å². The van der Waals surface area contributed by atoms with E-state index in [0.29, 0.717) is 5.88 Å². The van der Waals surface area contributed by atoms with Crippen molar-refractivity contribution >= 4 is 17.4 Å². The molecule has 0 saturated carbocycles. The molecule has 0 N–H and O–H groups in total. The number of aromatic nitrogens is 1. The molecule has 100 valence electrons. The van der Waals surface area contributed by atoms with Gasteiger partial charge in [0.05, 0.1) is 13.0 Å². The maximum Gasteiger partial charge on any atom is 0.132 e. The van der Waals surface area contributed by atoms with Gasteiger partial charge in [-0.05, 0) is 12.1 Å². The first-order chi connectivity index (χ1) is 9.26. The highest BCUT2D eigenvalue weighted by Gasteiger charge is 2.10. The summed E-state index contributed by atoms with van der Waals surface area (Å²) in [6.07, 6.45) is 1.78. The van der Waals surface area contributed by atoms with Crippen LogP contribution in [0.2, 0.25) is 0 Å². The molecule has 0 saturated heterocycles. The first-order valence-electron chi connectivity index (χ1n) is 6.09. The third-order valence-electron chi connectivity index (χ3n) is 2.97. The van der Waals surface area contributed by atoms with Gasteiger partial charge in [-0.2, -0.15) is 0 Å². The number of ether oxygens (including phenoxy) is 1. The highest BCUT2D eigenvalue weighted by Crippen LogP contribution is 2.23. The molecule has 0 aliphatic heterocycles. The van der Waals surface area contributed by atoms with E-state index in [9.17, 15) is 0 Å². The van der Waals surface area contributed by atoms with Crippen LogP contribution in [0.4, 0.5) is 5.82 Å². The summed E-state index contributed by atoms with van der Waals surface area (Å²) in [4.78, 5) is 6.48. The topological polar surface area (TPSA) is 25.4 Å². The predicted molar refractivity (Wildman–Crippen MR) is 78.9 cm³/mol. The Hall–Kier alpha value is -1.74. The Morgan fingerprint density at radius 2 is 1.89 bits per heavy atom. The van der Waals surface area contributed by atoms with E-state index in [-0.39, 0.29) is 0 Å². The Labute approximate surface area is 118 Å². The second-order valence-corrected chi connectivity index (χ2v) is 4.55. The van der Waals surface area contributed by atoms with Gasteiger partial charge in [0.25, 0.3) is 0 Å². The van der Waals surface area contributed by atoms with Crippen LogP contribution < -0.4 is 9.64 Å². The van der Waals surface area contributed by atoms with Gasteiger partial charge in [-0.1, -0.05) is 24.3 Å². The van der Waals surface area contributed by atoms with Crippen molar-refractivity contribution in [1.29, 1.82) is 0 Å². The fourth-order valence-corrected chi connectivity index (χ4v) is 2.25. The Bertz CT molecular complexity index is 545. The van der Waals surface area contributed by atoms with Crippen LogP contribution >= 0.6 is 11.6 Å². The summed E-state index contributed by atoms with van der Waals surface area (Å²) in [5, 5.41) is 0. The Balaban J connectivity index is 2.23. The lowest BCUT2D eigenvalue weighted by Gasteiger charge is -2.21. The molecule has 2 aromatic rings. The van der Waals surface area contributed by atoms with Gasteiger partial charge in [0.2, 0.25) is 0 Å². The van der Waals surface area contributed by atoms with Crippen LogP contribution in [0.5, 0.6) is 5.75 Å². The van der Waals surface area contributed by atoms with Crippen LogP contribution in [0.3, 0.4) is 0 Å². The molecule has 19 heavy (non-hydrogen) atoms. The number of pyridine rings is 1. The minimum atomic E-state index is 0.458. The highest BCUT2D eigenvalue weighted by molar-refractivity contribution is 6.17. The predicted octanol–water partition coefficient (Wildman–Crippen LogP) is 3.47. The smallest absolute Gasteiger partial charge is 0.132 e. The zero-order valence-electron chi connectivity index (χ0n) is 11.1. The van der Waals surface area contributed by atoms with Crippen LogP contribution in [0, 0.1) is 0 Å². The summed E-state index contributed by atoms with van der Waals surface area (Å²) in [6.45, 7) is 0.727. The van der Waals surface area contributed by atoms with Gasteiger partial charge < -0.3 is 9.64 Å². The standard InChI is InChI=1S/C15H17ClN2O/c1-18(15-12(10-16)7-5-9-17-15)11-13-6-3-4-8-14(13)19-2/h3-9H,10-11H2,1-2H3. The zero-order valence-corrected chi connectivity index (χ0v) is 11.9. The molecule has 2 rings (SSSR count). The van der Waals surface area contributed by atoms with E-state index < -0.39 is 0 Å². The summed E-state index contributed by atoms with van der Waals surface area (Å²) in [7, 11) is 3.69. The highest BCUT2D eigenvalue weighted by atomic mass is 35.5. The molecule has 3 nitrogen and oxygen atoms in total. The van der Waals surface area contributed by atoms with Crippen molar-refractivity contribution in [3.8, 4) is 5.75 Å². The van der Waals surface area contributed by atoms with Crippen LogP contribution in [0.1, 0.15) is 11.1 Å². The van der Waals surface area contributed by atoms with E-state index in [2.05, 4.69) is 16.0 Å². The fraction of sp³-hybridized carbons (Fsp3) is 0.267. The first-order valence-corrected chi connectivity index (χ1v) is 6.62. The molecule has 0 spiro atoms. The molecule has 0 aliphatic carbocycles. The van der Waals surface area contributed by atoms with E-state index in [1.165, 1.54) is 0 Å². The second-order valence-electron chi connectivity index (χ2n) is 4.29. The minimum absolute atomic E-state index is 0.458. The van der Waals surface area contributed by atoms with E-state index in [4.69, 9.17) is 16.3 Å². The first kappa shape index (κ1) is 13.7. The number of benzene rings is 1. The normalized spacial score (nSPS) is 10.3. The quantitative estimate of drug-likeness (QED) is 0.782. The number of rotatable bonds is 5. The monoisotopic (exact) mass is 276 g/mol. The van der Waals surface area contributed by atoms with E-state index >= 15 is 0 Å². The Morgan fingerprint density at radius 3 is 2.63 bits per heavy atom. The summed E-state index contributed by atoms with van der Waals surface area (Å²) < 4.78 is 5.37. The number of hydrogen-bond donors (Lipinski definition) is 0. The summed E-state index contributed by atoms with van der Waals surface area (Å²) in [6, 6.07) is 11.9. The molecule has 0 atom stereocenters. The fourth-order valence-electron chi connectivity index (χ4n) is 2.04. The summed E-state index contributed by atoms with van der Waals surface area (Å²) >= 11 is 5.95. The number of para-hydroxylation sites is 1. The average Bonchev–Trinajstić information content (AvgIpc) is 2.47. The van der Waals surface area contributed by atoms with Crippen LogP contribution in [-0.2, 0) is 12.4 Å². The van der Waals surface area contributed by atoms with Gasteiger partial charge in [-0.15, -0.1) is 11.6 Å².